The number of hydrogen-bond acceptors (Lipinski definition) is 3. The maximum absolute atomic E-state index is 11.9. The largest absolute Gasteiger partial charge is 0.491 e. The lowest BCUT2D eigenvalue weighted by atomic mass is 10.2. The zero-order valence-electron chi connectivity index (χ0n) is 8.48. The monoisotopic (exact) mass is 219 g/mol. The van der Waals surface area contributed by atoms with E-state index in [4.69, 9.17) is 9.84 Å². The van der Waals surface area contributed by atoms with Crippen LogP contribution in [0.5, 0.6) is 5.75 Å². The van der Waals surface area contributed by atoms with Crippen LogP contribution in [0.3, 0.4) is 0 Å². The average molecular weight is 219 g/mol. The molecule has 0 saturated heterocycles. The van der Waals surface area contributed by atoms with Crippen LogP contribution in [0.15, 0.2) is 29.1 Å². The number of pyridine rings is 1. The van der Waals surface area contributed by atoms with E-state index in [0.29, 0.717) is 10.9 Å². The van der Waals surface area contributed by atoms with Crippen LogP contribution in [0.1, 0.15) is 10.5 Å². The molecule has 0 unspecified atom stereocenters. The van der Waals surface area contributed by atoms with Crippen molar-refractivity contribution in [2.24, 2.45) is 0 Å². The SMILES string of the molecule is COc1c(C(=O)O)[nH]c2ccccc2c1=O. The number of methoxy groups -OCH3 is 1. The Labute approximate surface area is 90.3 Å². The summed E-state index contributed by atoms with van der Waals surface area (Å²) in [6.45, 7) is 0. The van der Waals surface area contributed by atoms with Gasteiger partial charge >= 0.3 is 5.97 Å². The quantitative estimate of drug-likeness (QED) is 0.796. The van der Waals surface area contributed by atoms with Crippen LogP contribution in [0, 0.1) is 0 Å². The fourth-order valence-corrected chi connectivity index (χ4v) is 1.56. The summed E-state index contributed by atoms with van der Waals surface area (Å²) in [7, 11) is 1.27. The Bertz CT molecular complexity index is 615. The summed E-state index contributed by atoms with van der Waals surface area (Å²) in [6.07, 6.45) is 0. The molecule has 0 aliphatic heterocycles. The number of rotatable bonds is 2. The molecular weight excluding hydrogens is 210 g/mol. The van der Waals surface area contributed by atoms with Crippen LogP contribution in [-0.4, -0.2) is 23.2 Å². The first-order valence-electron chi connectivity index (χ1n) is 4.57. The second kappa shape index (κ2) is 3.69. The molecule has 0 fully saturated rings. The lowest BCUT2D eigenvalue weighted by molar-refractivity contribution is 0.0687. The lowest BCUT2D eigenvalue weighted by Gasteiger charge is -2.06. The van der Waals surface area contributed by atoms with Crippen molar-refractivity contribution < 1.29 is 14.6 Å². The van der Waals surface area contributed by atoms with Crippen LogP contribution in [0.2, 0.25) is 0 Å². The maximum Gasteiger partial charge on any atom is 0.356 e. The van der Waals surface area contributed by atoms with Gasteiger partial charge in [-0.05, 0) is 12.1 Å². The van der Waals surface area contributed by atoms with E-state index in [2.05, 4.69) is 4.98 Å². The highest BCUT2D eigenvalue weighted by Crippen LogP contribution is 2.16. The van der Waals surface area contributed by atoms with E-state index in [9.17, 15) is 9.59 Å². The van der Waals surface area contributed by atoms with Gasteiger partial charge in [-0.2, -0.15) is 0 Å². The number of ether oxygens (including phenoxy) is 1. The molecule has 0 aliphatic rings. The van der Waals surface area contributed by atoms with Gasteiger partial charge in [0, 0.05) is 5.39 Å². The Morgan fingerprint density at radius 2 is 2.06 bits per heavy atom. The van der Waals surface area contributed by atoms with Gasteiger partial charge in [0.15, 0.2) is 11.4 Å². The number of aromatic nitrogens is 1. The number of fused-ring (bicyclic) bond motifs is 1. The number of carboxylic acid groups (broad SMARTS) is 1. The molecule has 82 valence electrons. The van der Waals surface area contributed by atoms with Gasteiger partial charge in [-0.3, -0.25) is 4.79 Å². The number of nitrogens with one attached hydrogen (secondary N) is 1. The van der Waals surface area contributed by atoms with E-state index in [1.807, 2.05) is 0 Å². The highest BCUT2D eigenvalue weighted by atomic mass is 16.5. The second-order valence-electron chi connectivity index (χ2n) is 3.21. The van der Waals surface area contributed by atoms with Crippen molar-refractivity contribution in [2.45, 2.75) is 0 Å². The molecule has 0 radical (unpaired) electrons. The minimum atomic E-state index is -1.22. The number of carbonyl (C=O) groups is 1. The molecule has 0 amide bonds. The molecule has 0 atom stereocenters. The summed E-state index contributed by atoms with van der Waals surface area (Å²) in [5.41, 5.74) is -0.175. The van der Waals surface area contributed by atoms with E-state index in [1.165, 1.54) is 7.11 Å². The summed E-state index contributed by atoms with van der Waals surface area (Å²) in [4.78, 5) is 25.5. The standard InChI is InChI=1S/C11H9NO4/c1-16-10-8(11(14)15)12-7-5-3-2-4-6(7)9(10)13/h2-5H,1H3,(H,12,13)(H,14,15). The van der Waals surface area contributed by atoms with Crippen molar-refractivity contribution in [3.8, 4) is 5.75 Å². The molecule has 0 aliphatic carbocycles. The molecule has 1 heterocycles. The van der Waals surface area contributed by atoms with Gasteiger partial charge in [-0.25, -0.2) is 4.79 Å². The molecule has 2 aromatic rings. The third kappa shape index (κ3) is 1.42. The Balaban J connectivity index is 2.93. The van der Waals surface area contributed by atoms with Crippen molar-refractivity contribution in [3.63, 3.8) is 0 Å². The number of aromatic amines is 1. The molecule has 16 heavy (non-hydrogen) atoms. The second-order valence-corrected chi connectivity index (χ2v) is 3.21. The van der Waals surface area contributed by atoms with Gasteiger partial charge in [0.25, 0.3) is 0 Å². The zero-order chi connectivity index (χ0) is 11.7. The smallest absolute Gasteiger partial charge is 0.356 e. The highest BCUT2D eigenvalue weighted by molar-refractivity contribution is 5.93. The van der Waals surface area contributed by atoms with E-state index in [0.717, 1.165) is 0 Å². The van der Waals surface area contributed by atoms with Crippen molar-refractivity contribution in [2.75, 3.05) is 7.11 Å². The Kier molecular flexibility index (Phi) is 2.36. The Morgan fingerprint density at radius 3 is 2.69 bits per heavy atom. The normalized spacial score (nSPS) is 10.3. The minimum Gasteiger partial charge on any atom is -0.491 e. The molecule has 0 saturated carbocycles. The molecule has 5 heteroatoms. The molecule has 2 N–H and O–H groups in total. The number of para-hydroxylation sites is 1. The zero-order valence-corrected chi connectivity index (χ0v) is 8.48. The van der Waals surface area contributed by atoms with Crippen LogP contribution < -0.4 is 10.2 Å². The van der Waals surface area contributed by atoms with Crippen LogP contribution in [-0.2, 0) is 0 Å². The maximum atomic E-state index is 11.9. The van der Waals surface area contributed by atoms with Gasteiger partial charge in [0.05, 0.1) is 12.6 Å². The number of benzene rings is 1. The van der Waals surface area contributed by atoms with E-state index >= 15 is 0 Å². The lowest BCUT2D eigenvalue weighted by Crippen LogP contribution is -2.14. The van der Waals surface area contributed by atoms with Crippen molar-refractivity contribution >= 4 is 16.9 Å². The van der Waals surface area contributed by atoms with Crippen LogP contribution in [0.4, 0.5) is 0 Å². The molecule has 1 aromatic carbocycles. The highest BCUT2D eigenvalue weighted by Gasteiger charge is 2.17. The molecular formula is C11H9NO4. The fraction of sp³-hybridized carbons (Fsp3) is 0.0909. The topological polar surface area (TPSA) is 79.4 Å². The summed E-state index contributed by atoms with van der Waals surface area (Å²) >= 11 is 0. The molecule has 2 rings (SSSR count). The van der Waals surface area contributed by atoms with Crippen molar-refractivity contribution in [3.05, 3.63) is 40.2 Å². The summed E-state index contributed by atoms with van der Waals surface area (Å²) < 4.78 is 4.82. The van der Waals surface area contributed by atoms with E-state index in [-0.39, 0.29) is 11.4 Å². The molecule has 0 bridgehead atoms. The van der Waals surface area contributed by atoms with Gasteiger partial charge < -0.3 is 14.8 Å². The van der Waals surface area contributed by atoms with E-state index < -0.39 is 11.4 Å². The van der Waals surface area contributed by atoms with Crippen molar-refractivity contribution in [1.82, 2.24) is 4.98 Å². The van der Waals surface area contributed by atoms with E-state index in [1.54, 1.807) is 24.3 Å². The third-order valence-electron chi connectivity index (χ3n) is 2.28. The number of hydrogen-bond donors (Lipinski definition) is 2. The summed E-state index contributed by atoms with van der Waals surface area (Å²) in [6, 6.07) is 6.68. The third-order valence-corrected chi connectivity index (χ3v) is 2.28. The fourth-order valence-electron chi connectivity index (χ4n) is 1.56. The van der Waals surface area contributed by atoms with Gasteiger partial charge in [0.2, 0.25) is 5.43 Å². The summed E-state index contributed by atoms with van der Waals surface area (Å²) in [5.74, 6) is -1.40. The first-order chi connectivity index (χ1) is 7.65. The van der Waals surface area contributed by atoms with Gasteiger partial charge in [-0.15, -0.1) is 0 Å². The molecule has 0 spiro atoms. The Hall–Kier alpha value is -2.30. The Morgan fingerprint density at radius 1 is 1.38 bits per heavy atom. The average Bonchev–Trinajstić information content (AvgIpc) is 2.29. The first-order valence-corrected chi connectivity index (χ1v) is 4.57. The van der Waals surface area contributed by atoms with Gasteiger partial charge in [0.1, 0.15) is 0 Å². The van der Waals surface area contributed by atoms with Crippen molar-refractivity contribution in [1.29, 1.82) is 0 Å². The van der Waals surface area contributed by atoms with Crippen LogP contribution >= 0.6 is 0 Å². The summed E-state index contributed by atoms with van der Waals surface area (Å²) in [5, 5.41) is 9.34. The number of carboxylic acids is 1. The minimum absolute atomic E-state index is 0.175. The van der Waals surface area contributed by atoms with Gasteiger partial charge in [-0.1, -0.05) is 12.1 Å². The first kappa shape index (κ1) is 10.2. The molecule has 1 aromatic heterocycles. The number of H-pyrrole nitrogens is 1. The predicted octanol–water partition coefficient (Wildman–Crippen LogP) is 1.23. The van der Waals surface area contributed by atoms with Crippen LogP contribution in [0.25, 0.3) is 10.9 Å². The predicted molar refractivity (Wildman–Crippen MR) is 58.1 cm³/mol. The molecule has 5 nitrogen and oxygen atoms in total. The number of aromatic carboxylic acids is 1.